The van der Waals surface area contributed by atoms with E-state index >= 15 is 0 Å². The minimum absolute atomic E-state index is 0.346. The highest BCUT2D eigenvalue weighted by Crippen LogP contribution is 2.20. The number of hydrogen-bond donors (Lipinski definition) is 0. The van der Waals surface area contributed by atoms with Gasteiger partial charge in [0.15, 0.2) is 0 Å². The molecule has 0 bridgehead atoms. The van der Waals surface area contributed by atoms with Gasteiger partial charge in [-0.15, -0.1) is 0 Å². The molecule has 0 aromatic heterocycles. The Labute approximate surface area is 99.2 Å². The van der Waals surface area contributed by atoms with Crippen LogP contribution in [-0.2, 0) is 4.74 Å². The van der Waals surface area contributed by atoms with Crippen molar-refractivity contribution in [2.45, 2.75) is 0 Å². The molecule has 0 spiro atoms. The molecule has 4 heteroatoms. The maximum atomic E-state index is 11.3. The van der Waals surface area contributed by atoms with Gasteiger partial charge in [-0.2, -0.15) is 0 Å². The van der Waals surface area contributed by atoms with E-state index < -0.39 is 0 Å². The fourth-order valence-electron chi connectivity index (χ4n) is 0.986. The first-order valence-corrected chi connectivity index (χ1v) is 5.54. The minimum atomic E-state index is -0.346. The van der Waals surface area contributed by atoms with Crippen LogP contribution in [0.2, 0.25) is 0 Å². The van der Waals surface area contributed by atoms with Crippen LogP contribution < -0.4 is 0 Å². The third-order valence-electron chi connectivity index (χ3n) is 1.65. The standard InChI is InChI=1S/C10H8Br2O2/c1-14-10(13)8-6-7(4-5-11)2-3-9(8)12/h2-6H,1H3. The van der Waals surface area contributed by atoms with E-state index in [1.165, 1.54) is 7.11 Å². The summed E-state index contributed by atoms with van der Waals surface area (Å²) in [6.45, 7) is 0. The molecule has 0 aliphatic heterocycles. The van der Waals surface area contributed by atoms with Crippen molar-refractivity contribution >= 4 is 43.9 Å². The average molecular weight is 320 g/mol. The SMILES string of the molecule is COC(=O)c1cc(C=CBr)ccc1Br. The largest absolute Gasteiger partial charge is 0.465 e. The molecular weight excluding hydrogens is 312 g/mol. The van der Waals surface area contributed by atoms with Crippen molar-refractivity contribution in [2.24, 2.45) is 0 Å². The molecular formula is C10H8Br2O2. The predicted molar refractivity (Wildman–Crippen MR) is 63.4 cm³/mol. The number of methoxy groups -OCH3 is 1. The number of ether oxygens (including phenoxy) is 1. The Bertz CT molecular complexity index is 372. The molecule has 0 fully saturated rings. The number of hydrogen-bond acceptors (Lipinski definition) is 2. The molecule has 2 nitrogen and oxygen atoms in total. The van der Waals surface area contributed by atoms with Crippen molar-refractivity contribution in [1.29, 1.82) is 0 Å². The van der Waals surface area contributed by atoms with E-state index in [0.29, 0.717) is 5.56 Å². The molecule has 0 aliphatic carbocycles. The van der Waals surface area contributed by atoms with Gasteiger partial charge in [-0.25, -0.2) is 4.79 Å². The van der Waals surface area contributed by atoms with Crippen LogP contribution in [0.25, 0.3) is 6.08 Å². The van der Waals surface area contributed by atoms with E-state index in [2.05, 4.69) is 36.6 Å². The van der Waals surface area contributed by atoms with Crippen LogP contribution in [0.3, 0.4) is 0 Å². The van der Waals surface area contributed by atoms with Crippen molar-refractivity contribution in [3.63, 3.8) is 0 Å². The molecule has 0 N–H and O–H groups in total. The molecule has 1 aromatic carbocycles. The van der Waals surface area contributed by atoms with Gasteiger partial charge in [0, 0.05) is 4.47 Å². The number of carbonyl (C=O) groups is 1. The summed E-state index contributed by atoms with van der Waals surface area (Å²) in [4.78, 5) is 13.0. The lowest BCUT2D eigenvalue weighted by Gasteiger charge is -2.03. The second-order valence-corrected chi connectivity index (χ2v) is 3.91. The number of benzene rings is 1. The molecule has 74 valence electrons. The Morgan fingerprint density at radius 2 is 2.21 bits per heavy atom. The summed E-state index contributed by atoms with van der Waals surface area (Å²) >= 11 is 6.46. The van der Waals surface area contributed by atoms with Gasteiger partial charge < -0.3 is 4.74 Å². The van der Waals surface area contributed by atoms with Crippen molar-refractivity contribution in [1.82, 2.24) is 0 Å². The van der Waals surface area contributed by atoms with Gasteiger partial charge in [-0.1, -0.05) is 22.0 Å². The number of carbonyl (C=O) groups excluding carboxylic acids is 1. The average Bonchev–Trinajstić information content (AvgIpc) is 2.20. The van der Waals surface area contributed by atoms with Crippen LogP contribution in [0, 0.1) is 0 Å². The van der Waals surface area contributed by atoms with E-state index in [4.69, 9.17) is 0 Å². The van der Waals surface area contributed by atoms with Crippen LogP contribution >= 0.6 is 31.9 Å². The highest BCUT2D eigenvalue weighted by Gasteiger charge is 2.09. The highest BCUT2D eigenvalue weighted by molar-refractivity contribution is 9.11. The third-order valence-corrected chi connectivity index (χ3v) is 2.61. The third kappa shape index (κ3) is 2.69. The first-order chi connectivity index (χ1) is 6.69. The zero-order chi connectivity index (χ0) is 10.6. The smallest absolute Gasteiger partial charge is 0.339 e. The zero-order valence-electron chi connectivity index (χ0n) is 7.46. The Hall–Kier alpha value is -0.610. The molecule has 1 rings (SSSR count). The lowest BCUT2D eigenvalue weighted by Crippen LogP contribution is -2.02. The molecule has 0 amide bonds. The molecule has 0 aliphatic rings. The van der Waals surface area contributed by atoms with Gasteiger partial charge in [0.2, 0.25) is 0 Å². The summed E-state index contributed by atoms with van der Waals surface area (Å²) in [5.41, 5.74) is 1.46. The molecule has 0 unspecified atom stereocenters. The lowest BCUT2D eigenvalue weighted by molar-refractivity contribution is 0.0599. The van der Waals surface area contributed by atoms with Gasteiger partial charge in [-0.3, -0.25) is 0 Å². The summed E-state index contributed by atoms with van der Waals surface area (Å²) in [5.74, 6) is -0.346. The highest BCUT2D eigenvalue weighted by atomic mass is 79.9. The van der Waals surface area contributed by atoms with E-state index in [1.54, 1.807) is 11.1 Å². The first kappa shape index (κ1) is 11.5. The zero-order valence-corrected chi connectivity index (χ0v) is 10.6. The van der Waals surface area contributed by atoms with Gasteiger partial charge in [0.05, 0.1) is 12.7 Å². The quantitative estimate of drug-likeness (QED) is 0.778. The van der Waals surface area contributed by atoms with Gasteiger partial charge in [0.25, 0.3) is 0 Å². The second-order valence-electron chi connectivity index (χ2n) is 2.52. The molecule has 0 saturated heterocycles. The van der Waals surface area contributed by atoms with E-state index in [9.17, 15) is 4.79 Å². The topological polar surface area (TPSA) is 26.3 Å². The van der Waals surface area contributed by atoms with Crippen LogP contribution in [0.1, 0.15) is 15.9 Å². The molecule has 0 atom stereocenters. The fraction of sp³-hybridized carbons (Fsp3) is 0.100. The van der Waals surface area contributed by atoms with Crippen LogP contribution in [0.4, 0.5) is 0 Å². The summed E-state index contributed by atoms with van der Waals surface area (Å²) in [6.07, 6.45) is 1.85. The van der Waals surface area contributed by atoms with E-state index in [0.717, 1.165) is 10.0 Å². The number of esters is 1. The van der Waals surface area contributed by atoms with Gasteiger partial charge in [0.1, 0.15) is 0 Å². The summed E-state index contributed by atoms with van der Waals surface area (Å²) < 4.78 is 5.38. The van der Waals surface area contributed by atoms with Crippen molar-refractivity contribution in [3.05, 3.63) is 38.8 Å². The van der Waals surface area contributed by atoms with E-state index in [-0.39, 0.29) is 5.97 Å². The Morgan fingerprint density at radius 3 is 2.79 bits per heavy atom. The number of rotatable bonds is 2. The lowest BCUT2D eigenvalue weighted by atomic mass is 10.1. The molecule has 0 saturated carbocycles. The normalized spacial score (nSPS) is 10.5. The van der Waals surface area contributed by atoms with Gasteiger partial charge >= 0.3 is 5.97 Å². The number of halogens is 2. The minimum Gasteiger partial charge on any atom is -0.465 e. The van der Waals surface area contributed by atoms with Crippen LogP contribution in [-0.4, -0.2) is 13.1 Å². The maximum absolute atomic E-state index is 11.3. The first-order valence-electron chi connectivity index (χ1n) is 3.83. The van der Waals surface area contributed by atoms with E-state index in [1.807, 2.05) is 18.2 Å². The second kappa shape index (κ2) is 5.32. The Kier molecular flexibility index (Phi) is 4.35. The molecule has 0 heterocycles. The summed E-state index contributed by atoms with van der Waals surface area (Å²) in [6, 6.07) is 5.47. The monoisotopic (exact) mass is 318 g/mol. The van der Waals surface area contributed by atoms with Crippen LogP contribution in [0.5, 0.6) is 0 Å². The van der Waals surface area contributed by atoms with Crippen molar-refractivity contribution in [2.75, 3.05) is 7.11 Å². The maximum Gasteiger partial charge on any atom is 0.339 e. The van der Waals surface area contributed by atoms with Crippen LogP contribution in [0.15, 0.2) is 27.7 Å². The molecule has 0 radical (unpaired) electrons. The summed E-state index contributed by atoms with van der Waals surface area (Å²) in [7, 11) is 1.36. The Morgan fingerprint density at radius 1 is 1.50 bits per heavy atom. The molecule has 1 aromatic rings. The summed E-state index contributed by atoms with van der Waals surface area (Å²) in [5, 5.41) is 0. The van der Waals surface area contributed by atoms with Crippen molar-refractivity contribution in [3.8, 4) is 0 Å². The fourth-order valence-corrected chi connectivity index (χ4v) is 1.70. The predicted octanol–water partition coefficient (Wildman–Crippen LogP) is 3.60. The Balaban J connectivity index is 3.14. The van der Waals surface area contributed by atoms with Gasteiger partial charge in [-0.05, 0) is 44.7 Å². The van der Waals surface area contributed by atoms with Crippen molar-refractivity contribution < 1.29 is 9.53 Å². The molecule has 14 heavy (non-hydrogen) atoms.